The lowest BCUT2D eigenvalue weighted by Crippen LogP contribution is -2.25. The molecule has 0 aromatic rings. The fraction of sp³-hybridized carbons (Fsp3) is 0.625. The third kappa shape index (κ3) is 7.66. The molecule has 0 saturated heterocycles. The van der Waals surface area contributed by atoms with Crippen LogP contribution in [0.1, 0.15) is 19.8 Å². The van der Waals surface area contributed by atoms with E-state index in [9.17, 15) is 4.79 Å². The van der Waals surface area contributed by atoms with E-state index < -0.39 is 0 Å². The van der Waals surface area contributed by atoms with Crippen LogP contribution >= 0.6 is 22.6 Å². The summed E-state index contributed by atoms with van der Waals surface area (Å²) in [5.41, 5.74) is 0. The lowest BCUT2D eigenvalue weighted by atomic mass is 10.5. The lowest BCUT2D eigenvalue weighted by Gasteiger charge is -2.02. The Morgan fingerprint density at radius 3 is 3.00 bits per heavy atom. The molecular weight excluding hydrogens is 269 g/mol. The van der Waals surface area contributed by atoms with Gasteiger partial charge >= 0.3 is 6.09 Å². The summed E-state index contributed by atoms with van der Waals surface area (Å²) in [6.45, 7) is 3.02. The Morgan fingerprint density at radius 1 is 1.67 bits per heavy atom. The van der Waals surface area contributed by atoms with Gasteiger partial charge in [0.1, 0.15) is 6.61 Å². The fourth-order valence-electron chi connectivity index (χ4n) is 0.520. The topological polar surface area (TPSA) is 38.3 Å². The zero-order valence-electron chi connectivity index (χ0n) is 7.02. The Bertz CT molecular complexity index is 183. The van der Waals surface area contributed by atoms with Crippen LogP contribution in [0.5, 0.6) is 0 Å². The molecule has 0 rings (SSSR count). The van der Waals surface area contributed by atoms with E-state index in [0.29, 0.717) is 19.6 Å². The summed E-state index contributed by atoms with van der Waals surface area (Å²) in [4.78, 5) is 10.8. The summed E-state index contributed by atoms with van der Waals surface area (Å²) in [5, 5.41) is 2.60. The number of amides is 1. The lowest BCUT2D eigenvalue weighted by molar-refractivity contribution is 0.149. The van der Waals surface area contributed by atoms with Crippen molar-refractivity contribution in [2.75, 3.05) is 13.2 Å². The quantitative estimate of drug-likeness (QED) is 0.485. The van der Waals surface area contributed by atoms with Crippen LogP contribution < -0.4 is 5.32 Å². The first kappa shape index (κ1) is 11.6. The van der Waals surface area contributed by atoms with Gasteiger partial charge in [-0.15, -0.1) is 0 Å². The maximum atomic E-state index is 10.8. The molecule has 12 heavy (non-hydrogen) atoms. The molecule has 1 N–H and O–H groups in total. The molecule has 0 spiro atoms. The van der Waals surface area contributed by atoms with Crippen molar-refractivity contribution in [3.8, 4) is 9.85 Å². The van der Waals surface area contributed by atoms with Crippen molar-refractivity contribution in [1.82, 2.24) is 5.32 Å². The molecule has 0 atom stereocenters. The van der Waals surface area contributed by atoms with Crippen molar-refractivity contribution in [1.29, 1.82) is 0 Å². The Kier molecular flexibility index (Phi) is 8.34. The van der Waals surface area contributed by atoms with Crippen molar-refractivity contribution >= 4 is 28.7 Å². The van der Waals surface area contributed by atoms with Crippen molar-refractivity contribution in [2.45, 2.75) is 19.8 Å². The molecule has 0 bridgehead atoms. The van der Waals surface area contributed by atoms with Crippen LogP contribution in [0.2, 0.25) is 0 Å². The highest BCUT2D eigenvalue weighted by Crippen LogP contribution is 1.84. The molecule has 4 heteroatoms. The first-order valence-electron chi connectivity index (χ1n) is 3.80. The van der Waals surface area contributed by atoms with Gasteiger partial charge in [0.15, 0.2) is 0 Å². The van der Waals surface area contributed by atoms with Crippen molar-refractivity contribution < 1.29 is 9.53 Å². The summed E-state index contributed by atoms with van der Waals surface area (Å²) in [6, 6.07) is 0. The summed E-state index contributed by atoms with van der Waals surface area (Å²) >= 11 is 1.95. The zero-order chi connectivity index (χ0) is 9.23. The van der Waals surface area contributed by atoms with Crippen LogP contribution in [-0.2, 0) is 4.74 Å². The minimum absolute atomic E-state index is 0.355. The van der Waals surface area contributed by atoms with Gasteiger partial charge in [0.25, 0.3) is 0 Å². The number of hydrogen-bond donors (Lipinski definition) is 1. The Balaban J connectivity index is 3.23. The predicted octanol–water partition coefficient (Wildman–Crippen LogP) is 1.91. The summed E-state index contributed by atoms with van der Waals surface area (Å²) < 4.78 is 7.48. The summed E-state index contributed by atoms with van der Waals surface area (Å²) in [6.07, 6.45) is 1.16. The molecule has 0 saturated carbocycles. The number of carbonyl (C=O) groups excluding carboxylic acids is 1. The third-order valence-corrected chi connectivity index (χ3v) is 1.43. The van der Waals surface area contributed by atoms with Gasteiger partial charge in [-0.05, 0) is 10.3 Å². The predicted molar refractivity (Wildman–Crippen MR) is 56.1 cm³/mol. The largest absolute Gasteiger partial charge is 0.449 e. The van der Waals surface area contributed by atoms with Gasteiger partial charge in [0.2, 0.25) is 0 Å². The molecule has 0 unspecified atom stereocenters. The number of rotatable bonds is 4. The molecule has 0 aliphatic rings. The maximum absolute atomic E-state index is 10.8. The second kappa shape index (κ2) is 8.65. The molecule has 0 aliphatic carbocycles. The highest BCUT2D eigenvalue weighted by molar-refractivity contribution is 14.1. The van der Waals surface area contributed by atoms with Gasteiger partial charge in [0, 0.05) is 35.6 Å². The van der Waals surface area contributed by atoms with Gasteiger partial charge in [-0.3, -0.25) is 0 Å². The van der Waals surface area contributed by atoms with E-state index in [4.69, 9.17) is 4.74 Å². The molecule has 1 amide bonds. The number of halogens is 1. The van der Waals surface area contributed by atoms with E-state index in [0.717, 1.165) is 6.42 Å². The standard InChI is InChI=1S/C8H12INO2/c1-2-6-10-8(11)12-7-4-3-5-9/h2,4,6-7H2,1H3,(H,10,11). The van der Waals surface area contributed by atoms with E-state index in [1.807, 2.05) is 29.5 Å². The van der Waals surface area contributed by atoms with Gasteiger partial charge in [0.05, 0.1) is 0 Å². The Hall–Kier alpha value is -0.440. The smallest absolute Gasteiger partial charge is 0.407 e. The molecule has 0 aliphatic heterocycles. The zero-order valence-corrected chi connectivity index (χ0v) is 9.18. The monoisotopic (exact) mass is 281 g/mol. The van der Waals surface area contributed by atoms with Gasteiger partial charge in [-0.1, -0.05) is 12.8 Å². The van der Waals surface area contributed by atoms with E-state index in [-0.39, 0.29) is 6.09 Å². The van der Waals surface area contributed by atoms with Crippen molar-refractivity contribution in [3.63, 3.8) is 0 Å². The molecule has 0 heterocycles. The average Bonchev–Trinajstić information content (AvgIpc) is 2.09. The van der Waals surface area contributed by atoms with Gasteiger partial charge in [-0.25, -0.2) is 4.79 Å². The van der Waals surface area contributed by atoms with E-state index in [2.05, 4.69) is 15.2 Å². The molecular formula is C8H12INO2. The SMILES string of the molecule is CCCNC(=O)OCCC#CI. The molecule has 68 valence electrons. The minimum Gasteiger partial charge on any atom is -0.449 e. The average molecular weight is 281 g/mol. The highest BCUT2D eigenvalue weighted by atomic mass is 127. The first-order chi connectivity index (χ1) is 5.81. The number of alkyl carbamates (subject to hydrolysis) is 1. The van der Waals surface area contributed by atoms with E-state index >= 15 is 0 Å². The number of carbonyl (C=O) groups is 1. The Labute approximate surface area is 86.4 Å². The second-order valence-corrected chi connectivity index (χ2v) is 2.62. The van der Waals surface area contributed by atoms with Crippen LogP contribution in [-0.4, -0.2) is 19.2 Å². The molecule has 3 nitrogen and oxygen atoms in total. The summed E-state index contributed by atoms with van der Waals surface area (Å²) in [5.74, 6) is 2.79. The maximum Gasteiger partial charge on any atom is 0.407 e. The van der Waals surface area contributed by atoms with Crippen LogP contribution in [0.25, 0.3) is 0 Å². The molecule has 0 fully saturated rings. The van der Waals surface area contributed by atoms with Crippen molar-refractivity contribution in [2.24, 2.45) is 0 Å². The number of nitrogens with one attached hydrogen (secondary N) is 1. The van der Waals surface area contributed by atoms with Crippen molar-refractivity contribution in [3.05, 3.63) is 0 Å². The van der Waals surface area contributed by atoms with Crippen LogP contribution in [0.15, 0.2) is 0 Å². The van der Waals surface area contributed by atoms with Crippen LogP contribution in [0.3, 0.4) is 0 Å². The van der Waals surface area contributed by atoms with Crippen LogP contribution in [0.4, 0.5) is 4.79 Å². The van der Waals surface area contributed by atoms with Gasteiger partial charge in [-0.2, -0.15) is 0 Å². The van der Waals surface area contributed by atoms with Gasteiger partial charge < -0.3 is 10.1 Å². The van der Waals surface area contributed by atoms with E-state index in [1.165, 1.54) is 0 Å². The second-order valence-electron chi connectivity index (χ2n) is 2.08. The van der Waals surface area contributed by atoms with E-state index in [1.54, 1.807) is 0 Å². The number of ether oxygens (including phenoxy) is 1. The fourth-order valence-corrected chi connectivity index (χ4v) is 0.790. The third-order valence-electron chi connectivity index (χ3n) is 1.05. The molecule has 0 aromatic carbocycles. The Morgan fingerprint density at radius 2 is 2.42 bits per heavy atom. The highest BCUT2D eigenvalue weighted by Gasteiger charge is 1.97. The minimum atomic E-state index is -0.355. The molecule has 0 aromatic heterocycles. The van der Waals surface area contributed by atoms with Crippen LogP contribution in [0, 0.1) is 9.85 Å². The molecule has 0 radical (unpaired) electrons. The summed E-state index contributed by atoms with van der Waals surface area (Å²) in [7, 11) is 0. The number of hydrogen-bond acceptors (Lipinski definition) is 2. The normalized spacial score (nSPS) is 8.17. The first-order valence-corrected chi connectivity index (χ1v) is 4.88.